The second kappa shape index (κ2) is 5.84. The third-order valence-electron chi connectivity index (χ3n) is 3.58. The SMILES string of the molecule is O=S1(=O)C=C[C@H](NC(c2ccccc2)c2ccccc2)C1. The lowest BCUT2D eigenvalue weighted by Gasteiger charge is -2.23. The predicted octanol–water partition coefficient (Wildman–Crippen LogP) is 2.68. The van der Waals surface area contributed by atoms with Gasteiger partial charge >= 0.3 is 0 Å². The molecule has 0 bridgehead atoms. The summed E-state index contributed by atoms with van der Waals surface area (Å²) in [5.41, 5.74) is 2.25. The molecule has 0 saturated heterocycles. The molecule has 1 heterocycles. The van der Waals surface area contributed by atoms with E-state index in [1.54, 1.807) is 6.08 Å². The van der Waals surface area contributed by atoms with Crippen LogP contribution >= 0.6 is 0 Å². The van der Waals surface area contributed by atoms with Gasteiger partial charge < -0.3 is 0 Å². The number of benzene rings is 2. The van der Waals surface area contributed by atoms with Crippen LogP contribution < -0.4 is 5.32 Å². The molecule has 0 unspecified atom stereocenters. The summed E-state index contributed by atoms with van der Waals surface area (Å²) in [5.74, 6) is 0.128. The van der Waals surface area contributed by atoms with Crippen molar-refractivity contribution in [2.45, 2.75) is 12.1 Å². The quantitative estimate of drug-likeness (QED) is 0.944. The van der Waals surface area contributed by atoms with Gasteiger partial charge in [0.15, 0.2) is 9.84 Å². The van der Waals surface area contributed by atoms with Gasteiger partial charge in [-0.25, -0.2) is 8.42 Å². The lowest BCUT2D eigenvalue weighted by Crippen LogP contribution is -2.34. The lowest BCUT2D eigenvalue weighted by molar-refractivity contribution is 0.556. The van der Waals surface area contributed by atoms with E-state index in [1.807, 2.05) is 36.4 Å². The molecular formula is C17H17NO2S. The van der Waals surface area contributed by atoms with E-state index in [4.69, 9.17) is 0 Å². The number of hydrogen-bond donors (Lipinski definition) is 1. The van der Waals surface area contributed by atoms with E-state index < -0.39 is 9.84 Å². The molecule has 2 aromatic rings. The Morgan fingerprint density at radius 1 is 0.905 bits per heavy atom. The Morgan fingerprint density at radius 2 is 1.43 bits per heavy atom. The molecule has 108 valence electrons. The molecule has 0 amide bonds. The highest BCUT2D eigenvalue weighted by Gasteiger charge is 2.25. The fourth-order valence-electron chi connectivity index (χ4n) is 2.57. The number of hydrogen-bond acceptors (Lipinski definition) is 3. The second-order valence-electron chi connectivity index (χ2n) is 5.19. The van der Waals surface area contributed by atoms with Gasteiger partial charge in [0.1, 0.15) is 0 Å². The molecule has 1 N–H and O–H groups in total. The van der Waals surface area contributed by atoms with Crippen LogP contribution in [0.2, 0.25) is 0 Å². The summed E-state index contributed by atoms with van der Waals surface area (Å²) in [5, 5.41) is 4.74. The summed E-state index contributed by atoms with van der Waals surface area (Å²) < 4.78 is 23.1. The topological polar surface area (TPSA) is 46.2 Å². The van der Waals surface area contributed by atoms with Crippen LogP contribution in [0.5, 0.6) is 0 Å². The molecule has 4 heteroatoms. The molecule has 0 aromatic heterocycles. The normalized spacial score (nSPS) is 20.0. The second-order valence-corrected chi connectivity index (χ2v) is 7.12. The minimum absolute atomic E-state index is 0.0182. The average molecular weight is 299 g/mol. The molecule has 0 saturated carbocycles. The molecular weight excluding hydrogens is 282 g/mol. The maximum atomic E-state index is 11.6. The zero-order chi connectivity index (χ0) is 14.7. The summed E-state index contributed by atoms with van der Waals surface area (Å²) in [6, 6.07) is 20.0. The Bertz CT molecular complexity index is 684. The van der Waals surface area contributed by atoms with Gasteiger partial charge in [0, 0.05) is 11.4 Å². The summed E-state index contributed by atoms with van der Waals surface area (Å²) in [6.45, 7) is 0. The molecule has 1 aliphatic heterocycles. The Kier molecular flexibility index (Phi) is 3.90. The van der Waals surface area contributed by atoms with Crippen molar-refractivity contribution in [1.29, 1.82) is 0 Å². The van der Waals surface area contributed by atoms with Crippen molar-refractivity contribution in [3.05, 3.63) is 83.3 Å². The summed E-state index contributed by atoms with van der Waals surface area (Å²) in [6.07, 6.45) is 1.73. The minimum atomic E-state index is -3.05. The molecule has 3 rings (SSSR count). The van der Waals surface area contributed by atoms with Gasteiger partial charge in [-0.05, 0) is 11.1 Å². The molecule has 2 aromatic carbocycles. The molecule has 0 fully saturated rings. The summed E-state index contributed by atoms with van der Waals surface area (Å²) in [4.78, 5) is 0. The van der Waals surface area contributed by atoms with Crippen molar-refractivity contribution in [2.24, 2.45) is 0 Å². The first-order valence-corrected chi connectivity index (χ1v) is 8.62. The standard InChI is InChI=1S/C17H17NO2S/c19-21(20)12-11-16(13-21)18-17(14-7-3-1-4-8-14)15-9-5-2-6-10-15/h1-12,16-18H,13H2/t16-/m0/s1. The van der Waals surface area contributed by atoms with Crippen molar-refractivity contribution in [2.75, 3.05) is 5.75 Å². The average Bonchev–Trinajstić information content (AvgIpc) is 2.86. The number of rotatable bonds is 4. The third-order valence-corrected chi connectivity index (χ3v) is 4.97. The van der Waals surface area contributed by atoms with Crippen LogP contribution in [0.1, 0.15) is 17.2 Å². The number of sulfone groups is 1. The van der Waals surface area contributed by atoms with Gasteiger partial charge in [0.05, 0.1) is 11.8 Å². The first-order valence-electron chi connectivity index (χ1n) is 6.91. The van der Waals surface area contributed by atoms with E-state index in [9.17, 15) is 8.42 Å². The highest BCUT2D eigenvalue weighted by Crippen LogP contribution is 2.23. The molecule has 1 atom stereocenters. The van der Waals surface area contributed by atoms with Crippen molar-refractivity contribution < 1.29 is 8.42 Å². The molecule has 0 radical (unpaired) electrons. The Balaban J connectivity index is 1.89. The monoisotopic (exact) mass is 299 g/mol. The van der Waals surface area contributed by atoms with Crippen LogP contribution in [0.15, 0.2) is 72.1 Å². The first kappa shape index (κ1) is 14.0. The van der Waals surface area contributed by atoms with Crippen molar-refractivity contribution >= 4 is 9.84 Å². The predicted molar refractivity (Wildman–Crippen MR) is 84.6 cm³/mol. The van der Waals surface area contributed by atoms with E-state index in [0.29, 0.717) is 0 Å². The van der Waals surface area contributed by atoms with Crippen LogP contribution in [0, 0.1) is 0 Å². The van der Waals surface area contributed by atoms with Gasteiger partial charge in [-0.2, -0.15) is 0 Å². The zero-order valence-corrected chi connectivity index (χ0v) is 12.3. The maximum Gasteiger partial charge on any atom is 0.173 e. The Hall–Kier alpha value is -1.91. The molecule has 3 nitrogen and oxygen atoms in total. The van der Waals surface area contributed by atoms with Crippen molar-refractivity contribution in [1.82, 2.24) is 5.32 Å². The summed E-state index contributed by atoms with van der Waals surface area (Å²) >= 11 is 0. The zero-order valence-electron chi connectivity index (χ0n) is 11.5. The van der Waals surface area contributed by atoms with E-state index in [-0.39, 0.29) is 17.8 Å². The largest absolute Gasteiger partial charge is 0.299 e. The molecule has 1 aliphatic rings. The molecule has 0 spiro atoms. The third kappa shape index (κ3) is 3.40. The van der Waals surface area contributed by atoms with Crippen LogP contribution in [-0.4, -0.2) is 20.2 Å². The van der Waals surface area contributed by atoms with E-state index in [1.165, 1.54) is 5.41 Å². The lowest BCUT2D eigenvalue weighted by atomic mass is 9.98. The Labute approximate surface area is 125 Å². The fraction of sp³-hybridized carbons (Fsp3) is 0.176. The van der Waals surface area contributed by atoms with Gasteiger partial charge in [-0.15, -0.1) is 0 Å². The van der Waals surface area contributed by atoms with Gasteiger partial charge in [0.25, 0.3) is 0 Å². The fourth-order valence-corrected chi connectivity index (χ4v) is 3.82. The molecule has 0 aliphatic carbocycles. The smallest absolute Gasteiger partial charge is 0.173 e. The van der Waals surface area contributed by atoms with Gasteiger partial charge in [-0.1, -0.05) is 66.7 Å². The van der Waals surface area contributed by atoms with Crippen LogP contribution in [0.4, 0.5) is 0 Å². The first-order chi connectivity index (χ1) is 10.1. The minimum Gasteiger partial charge on any atom is -0.299 e. The van der Waals surface area contributed by atoms with Crippen molar-refractivity contribution in [3.63, 3.8) is 0 Å². The van der Waals surface area contributed by atoms with Crippen LogP contribution in [0.25, 0.3) is 0 Å². The van der Waals surface area contributed by atoms with Crippen molar-refractivity contribution in [3.8, 4) is 0 Å². The van der Waals surface area contributed by atoms with Gasteiger partial charge in [0.2, 0.25) is 0 Å². The van der Waals surface area contributed by atoms with E-state index in [2.05, 4.69) is 29.6 Å². The summed E-state index contributed by atoms with van der Waals surface area (Å²) in [7, 11) is -3.05. The highest BCUT2D eigenvalue weighted by molar-refractivity contribution is 7.94. The van der Waals surface area contributed by atoms with Gasteiger partial charge in [-0.3, -0.25) is 5.32 Å². The van der Waals surface area contributed by atoms with E-state index >= 15 is 0 Å². The maximum absolute atomic E-state index is 11.6. The Morgan fingerprint density at radius 3 is 1.86 bits per heavy atom. The molecule has 21 heavy (non-hydrogen) atoms. The van der Waals surface area contributed by atoms with E-state index in [0.717, 1.165) is 11.1 Å². The number of nitrogens with one attached hydrogen (secondary N) is 1. The van der Waals surface area contributed by atoms with Crippen LogP contribution in [0.3, 0.4) is 0 Å². The highest BCUT2D eigenvalue weighted by atomic mass is 32.2. The van der Waals surface area contributed by atoms with Crippen LogP contribution in [-0.2, 0) is 9.84 Å².